The Morgan fingerprint density at radius 1 is 1.12 bits per heavy atom. The van der Waals surface area contributed by atoms with Gasteiger partial charge in [0.15, 0.2) is 0 Å². The minimum Gasteiger partial charge on any atom is -0.492 e. The summed E-state index contributed by atoms with van der Waals surface area (Å²) in [6.45, 7) is 9.82. The van der Waals surface area contributed by atoms with E-state index in [9.17, 15) is 4.79 Å². The Kier molecular flexibility index (Phi) is 8.85. The van der Waals surface area contributed by atoms with Crippen molar-refractivity contribution in [1.29, 1.82) is 0 Å². The predicted octanol–water partition coefficient (Wildman–Crippen LogP) is 4.96. The minimum atomic E-state index is -0.245. The van der Waals surface area contributed by atoms with Gasteiger partial charge in [-0.15, -0.1) is 0 Å². The van der Waals surface area contributed by atoms with Gasteiger partial charge in [0.25, 0.3) is 5.91 Å². The van der Waals surface area contributed by atoms with Crippen molar-refractivity contribution in [3.05, 3.63) is 77.7 Å². The van der Waals surface area contributed by atoms with Crippen molar-refractivity contribution in [2.45, 2.75) is 52.4 Å². The van der Waals surface area contributed by atoms with Crippen LogP contribution in [0.4, 0.5) is 0 Å². The quantitative estimate of drug-likeness (QED) is 0.265. The highest BCUT2D eigenvalue weighted by atomic mass is 16.5. The Balaban J connectivity index is 1.39. The van der Waals surface area contributed by atoms with E-state index in [1.807, 2.05) is 66.1 Å². The zero-order chi connectivity index (χ0) is 28.9. The number of nitrogens with one attached hydrogen (secondary N) is 1. The van der Waals surface area contributed by atoms with Gasteiger partial charge >= 0.3 is 0 Å². The van der Waals surface area contributed by atoms with Crippen molar-refractivity contribution in [2.75, 3.05) is 33.9 Å². The van der Waals surface area contributed by atoms with Gasteiger partial charge in [-0.25, -0.2) is 0 Å². The molecular weight excluding hydrogens is 516 g/mol. The monoisotopic (exact) mass is 556 g/mol. The van der Waals surface area contributed by atoms with Crippen LogP contribution in [0.25, 0.3) is 22.4 Å². The molecule has 9 heteroatoms. The van der Waals surface area contributed by atoms with Crippen LogP contribution in [0.15, 0.2) is 61.1 Å². The summed E-state index contributed by atoms with van der Waals surface area (Å²) in [5.74, 6) is 0.589. The van der Waals surface area contributed by atoms with Gasteiger partial charge in [-0.1, -0.05) is 6.07 Å². The van der Waals surface area contributed by atoms with E-state index in [2.05, 4.69) is 47.5 Å². The second-order valence-corrected chi connectivity index (χ2v) is 10.8. The van der Waals surface area contributed by atoms with Gasteiger partial charge in [-0.2, -0.15) is 10.2 Å². The van der Waals surface area contributed by atoms with Gasteiger partial charge < -0.3 is 14.8 Å². The summed E-state index contributed by atoms with van der Waals surface area (Å²) >= 11 is 0. The number of aryl methyl sites for hydroxylation is 2. The molecule has 0 unspecified atom stereocenters. The number of aromatic nitrogens is 4. The van der Waals surface area contributed by atoms with E-state index in [0.29, 0.717) is 31.4 Å². The number of rotatable bonds is 12. The van der Waals surface area contributed by atoms with Crippen LogP contribution >= 0.6 is 0 Å². The average Bonchev–Trinajstić information content (AvgIpc) is 3.66. The first-order valence-corrected chi connectivity index (χ1v) is 14.3. The summed E-state index contributed by atoms with van der Waals surface area (Å²) in [5.41, 5.74) is 6.40. The molecular formula is C32H40N6O3. The first-order chi connectivity index (χ1) is 19.8. The van der Waals surface area contributed by atoms with E-state index >= 15 is 0 Å². The fourth-order valence-corrected chi connectivity index (χ4v) is 4.99. The van der Waals surface area contributed by atoms with E-state index in [-0.39, 0.29) is 11.9 Å². The normalized spacial score (nSPS) is 15.9. The van der Waals surface area contributed by atoms with Gasteiger partial charge in [0.1, 0.15) is 12.4 Å². The molecule has 0 spiro atoms. The van der Waals surface area contributed by atoms with E-state index in [1.165, 1.54) is 0 Å². The number of carbonyl (C=O) groups excluding carboxylic acids is 1. The number of likely N-dealkylation sites (tertiary alicyclic amines) is 1. The number of carbonyl (C=O) groups is 1. The van der Waals surface area contributed by atoms with Crippen LogP contribution in [-0.2, 0) is 17.8 Å². The minimum absolute atomic E-state index is 0.129. The Hall–Kier alpha value is -3.95. The molecule has 1 aliphatic rings. The van der Waals surface area contributed by atoms with Crippen LogP contribution in [0, 0.1) is 6.92 Å². The standard InChI is InChI=1S/C32H40N6O3/c1-6-37-12-10-31(35-37)26-16-24(15-25(17-26)27-19-33-38(20-27)13-14-40-5)23(3)34-32(39)30-18-29(8-7-22(30)2)41-21-28-9-11-36(28)4/h7-8,10,12,15-20,23,28H,6,9,11,13-14,21H2,1-5H3,(H,34,39)/t23-,28+/m1/s1. The van der Waals surface area contributed by atoms with Crippen LogP contribution in [0.5, 0.6) is 5.75 Å². The zero-order valence-corrected chi connectivity index (χ0v) is 24.6. The van der Waals surface area contributed by atoms with Gasteiger partial charge in [0.2, 0.25) is 0 Å². The molecule has 1 saturated heterocycles. The maximum Gasteiger partial charge on any atom is 0.252 e. The van der Waals surface area contributed by atoms with Crippen molar-refractivity contribution in [2.24, 2.45) is 0 Å². The number of likely N-dealkylation sites (N-methyl/N-ethyl adjacent to an activating group) is 1. The van der Waals surface area contributed by atoms with Gasteiger partial charge in [-0.05, 0) is 93.9 Å². The number of hydrogen-bond donors (Lipinski definition) is 1. The molecule has 0 bridgehead atoms. The number of nitrogens with zero attached hydrogens (tertiary/aromatic N) is 5. The van der Waals surface area contributed by atoms with Crippen molar-refractivity contribution >= 4 is 5.91 Å². The molecule has 0 radical (unpaired) electrons. The third-order valence-electron chi connectivity index (χ3n) is 7.89. The lowest BCUT2D eigenvalue weighted by atomic mass is 9.96. The van der Waals surface area contributed by atoms with Crippen molar-refractivity contribution in [1.82, 2.24) is 29.8 Å². The number of ether oxygens (including phenoxy) is 2. The average molecular weight is 557 g/mol. The fourth-order valence-electron chi connectivity index (χ4n) is 4.99. The summed E-state index contributed by atoms with van der Waals surface area (Å²) in [7, 11) is 3.79. The topological polar surface area (TPSA) is 86.4 Å². The summed E-state index contributed by atoms with van der Waals surface area (Å²) in [6.07, 6.45) is 7.01. The summed E-state index contributed by atoms with van der Waals surface area (Å²) in [5, 5.41) is 12.4. The molecule has 1 N–H and O–H groups in total. The molecule has 1 aliphatic heterocycles. The lowest BCUT2D eigenvalue weighted by molar-refractivity contribution is 0.0767. The second kappa shape index (κ2) is 12.7. The SMILES string of the molecule is CCn1ccc(-c2cc(-c3cnn(CCOC)c3)cc([C@@H](C)NC(=O)c3cc(OC[C@@H]4CCN4C)ccc3C)c2)n1. The molecule has 2 aromatic carbocycles. The number of amides is 1. The third-order valence-corrected chi connectivity index (χ3v) is 7.89. The van der Waals surface area contributed by atoms with Crippen molar-refractivity contribution in [3.63, 3.8) is 0 Å². The molecule has 0 saturated carbocycles. The molecule has 216 valence electrons. The molecule has 5 rings (SSSR count). The number of methoxy groups -OCH3 is 1. The van der Waals surface area contributed by atoms with E-state index in [4.69, 9.17) is 14.6 Å². The van der Waals surface area contributed by atoms with Crippen molar-refractivity contribution < 1.29 is 14.3 Å². The van der Waals surface area contributed by atoms with Crippen LogP contribution in [-0.4, -0.2) is 70.3 Å². The van der Waals surface area contributed by atoms with Gasteiger partial charge in [-0.3, -0.25) is 19.1 Å². The molecule has 4 aromatic rings. The lowest BCUT2D eigenvalue weighted by Crippen LogP contribution is -2.48. The molecule has 1 fully saturated rings. The molecule has 0 aliphatic carbocycles. The summed E-state index contributed by atoms with van der Waals surface area (Å²) < 4.78 is 15.0. The first kappa shape index (κ1) is 28.6. The highest BCUT2D eigenvalue weighted by molar-refractivity contribution is 5.96. The summed E-state index contributed by atoms with van der Waals surface area (Å²) in [6, 6.07) is 14.3. The van der Waals surface area contributed by atoms with E-state index in [0.717, 1.165) is 58.8 Å². The van der Waals surface area contributed by atoms with Crippen LogP contribution < -0.4 is 10.1 Å². The smallest absolute Gasteiger partial charge is 0.252 e. The fraction of sp³-hybridized carbons (Fsp3) is 0.406. The third kappa shape index (κ3) is 6.69. The van der Waals surface area contributed by atoms with Gasteiger partial charge in [0, 0.05) is 48.8 Å². The lowest BCUT2D eigenvalue weighted by Gasteiger charge is -2.37. The Bertz CT molecular complexity index is 1490. The highest BCUT2D eigenvalue weighted by Crippen LogP contribution is 2.30. The number of benzene rings is 2. The molecule has 2 atom stereocenters. The molecule has 1 amide bonds. The molecule has 9 nitrogen and oxygen atoms in total. The Morgan fingerprint density at radius 3 is 2.66 bits per heavy atom. The largest absolute Gasteiger partial charge is 0.492 e. The van der Waals surface area contributed by atoms with Crippen molar-refractivity contribution in [3.8, 4) is 28.1 Å². The van der Waals surface area contributed by atoms with Crippen LogP contribution in [0.1, 0.15) is 47.8 Å². The second-order valence-electron chi connectivity index (χ2n) is 10.8. The first-order valence-electron chi connectivity index (χ1n) is 14.3. The zero-order valence-electron chi connectivity index (χ0n) is 24.6. The Morgan fingerprint density at radius 2 is 1.95 bits per heavy atom. The Labute approximate surface area is 242 Å². The van der Waals surface area contributed by atoms with E-state index in [1.54, 1.807) is 7.11 Å². The maximum absolute atomic E-state index is 13.5. The van der Waals surface area contributed by atoms with Crippen LogP contribution in [0.2, 0.25) is 0 Å². The predicted molar refractivity (Wildman–Crippen MR) is 160 cm³/mol. The summed E-state index contributed by atoms with van der Waals surface area (Å²) in [4.78, 5) is 15.8. The molecule has 2 aromatic heterocycles. The van der Waals surface area contributed by atoms with E-state index < -0.39 is 0 Å². The highest BCUT2D eigenvalue weighted by Gasteiger charge is 2.24. The molecule has 3 heterocycles. The van der Waals surface area contributed by atoms with Crippen LogP contribution in [0.3, 0.4) is 0 Å². The number of hydrogen-bond acceptors (Lipinski definition) is 6. The van der Waals surface area contributed by atoms with Gasteiger partial charge in [0.05, 0.1) is 31.1 Å². The molecule has 41 heavy (non-hydrogen) atoms. The maximum atomic E-state index is 13.5.